The summed E-state index contributed by atoms with van der Waals surface area (Å²) in [5.41, 5.74) is 0. The molecule has 1 saturated heterocycles. The van der Waals surface area contributed by atoms with Crippen LogP contribution < -0.4 is 5.32 Å². The first-order valence-electron chi connectivity index (χ1n) is 6.68. The monoisotopic (exact) mass is 212 g/mol. The Morgan fingerprint density at radius 2 is 2.20 bits per heavy atom. The zero-order valence-corrected chi connectivity index (χ0v) is 10.8. The molecule has 1 fully saturated rings. The van der Waals surface area contributed by atoms with E-state index < -0.39 is 0 Å². The summed E-state index contributed by atoms with van der Waals surface area (Å²) < 4.78 is 0. The number of likely N-dealkylation sites (tertiary alicyclic amines) is 1. The highest BCUT2D eigenvalue weighted by Gasteiger charge is 2.22. The van der Waals surface area contributed by atoms with Crippen molar-refractivity contribution in [3.05, 3.63) is 0 Å². The second-order valence-electron chi connectivity index (χ2n) is 5.13. The highest BCUT2D eigenvalue weighted by atomic mass is 15.2. The standard InChI is InChI=1S/C13H28N2/c1-4-8-14-9-5-6-13(3)15-10-7-12(2)11-15/h12-14H,4-11H2,1-3H3. The van der Waals surface area contributed by atoms with Crippen molar-refractivity contribution >= 4 is 0 Å². The van der Waals surface area contributed by atoms with Crippen LogP contribution in [0.4, 0.5) is 0 Å². The van der Waals surface area contributed by atoms with Crippen LogP contribution in [0.3, 0.4) is 0 Å². The summed E-state index contributed by atoms with van der Waals surface area (Å²) >= 11 is 0. The van der Waals surface area contributed by atoms with Crippen LogP contribution in [-0.2, 0) is 0 Å². The summed E-state index contributed by atoms with van der Waals surface area (Å²) in [5, 5.41) is 3.47. The molecule has 0 bridgehead atoms. The minimum Gasteiger partial charge on any atom is -0.317 e. The minimum absolute atomic E-state index is 0.790. The van der Waals surface area contributed by atoms with E-state index >= 15 is 0 Å². The van der Waals surface area contributed by atoms with Gasteiger partial charge in [-0.25, -0.2) is 0 Å². The molecular formula is C13H28N2. The average molecular weight is 212 g/mol. The Morgan fingerprint density at radius 3 is 2.80 bits per heavy atom. The van der Waals surface area contributed by atoms with Crippen molar-refractivity contribution in [1.29, 1.82) is 0 Å². The van der Waals surface area contributed by atoms with E-state index in [1.54, 1.807) is 0 Å². The molecule has 0 spiro atoms. The molecule has 0 aromatic rings. The van der Waals surface area contributed by atoms with Crippen molar-refractivity contribution in [2.24, 2.45) is 5.92 Å². The van der Waals surface area contributed by atoms with E-state index in [9.17, 15) is 0 Å². The van der Waals surface area contributed by atoms with Crippen molar-refractivity contribution in [3.63, 3.8) is 0 Å². The quantitative estimate of drug-likeness (QED) is 0.652. The maximum absolute atomic E-state index is 3.47. The van der Waals surface area contributed by atoms with E-state index in [1.165, 1.54) is 51.9 Å². The van der Waals surface area contributed by atoms with Gasteiger partial charge >= 0.3 is 0 Å². The molecule has 0 amide bonds. The van der Waals surface area contributed by atoms with E-state index in [1.807, 2.05) is 0 Å². The minimum atomic E-state index is 0.790. The van der Waals surface area contributed by atoms with Gasteiger partial charge in [-0.05, 0) is 58.2 Å². The average Bonchev–Trinajstić information content (AvgIpc) is 2.64. The highest BCUT2D eigenvalue weighted by molar-refractivity contribution is 4.77. The molecule has 2 heteroatoms. The van der Waals surface area contributed by atoms with E-state index in [0.29, 0.717) is 0 Å². The van der Waals surface area contributed by atoms with Crippen LogP contribution >= 0.6 is 0 Å². The van der Waals surface area contributed by atoms with Gasteiger partial charge in [0.05, 0.1) is 0 Å². The first-order chi connectivity index (χ1) is 7.24. The van der Waals surface area contributed by atoms with Crippen LogP contribution in [0.2, 0.25) is 0 Å². The third kappa shape index (κ3) is 4.98. The van der Waals surface area contributed by atoms with Crippen LogP contribution in [0.5, 0.6) is 0 Å². The highest BCUT2D eigenvalue weighted by Crippen LogP contribution is 2.19. The molecule has 1 aliphatic rings. The third-order valence-corrected chi connectivity index (χ3v) is 3.48. The van der Waals surface area contributed by atoms with Crippen molar-refractivity contribution in [3.8, 4) is 0 Å². The lowest BCUT2D eigenvalue weighted by Crippen LogP contribution is -2.31. The third-order valence-electron chi connectivity index (χ3n) is 3.48. The lowest BCUT2D eigenvalue weighted by atomic mass is 10.1. The van der Waals surface area contributed by atoms with Crippen LogP contribution in [0.25, 0.3) is 0 Å². The van der Waals surface area contributed by atoms with Gasteiger partial charge in [-0.2, -0.15) is 0 Å². The van der Waals surface area contributed by atoms with E-state index in [-0.39, 0.29) is 0 Å². The molecule has 1 heterocycles. The van der Waals surface area contributed by atoms with Gasteiger partial charge in [-0.1, -0.05) is 13.8 Å². The summed E-state index contributed by atoms with van der Waals surface area (Å²) in [6, 6.07) is 0.790. The van der Waals surface area contributed by atoms with E-state index in [0.717, 1.165) is 12.0 Å². The summed E-state index contributed by atoms with van der Waals surface area (Å²) in [6.07, 6.45) is 5.33. The topological polar surface area (TPSA) is 15.3 Å². The van der Waals surface area contributed by atoms with Gasteiger partial charge in [0, 0.05) is 12.6 Å². The van der Waals surface area contributed by atoms with Gasteiger partial charge < -0.3 is 10.2 Å². The van der Waals surface area contributed by atoms with E-state index in [2.05, 4.69) is 31.0 Å². The molecule has 1 rings (SSSR count). The van der Waals surface area contributed by atoms with Crippen LogP contribution in [0.1, 0.15) is 46.5 Å². The van der Waals surface area contributed by atoms with Crippen LogP contribution in [0.15, 0.2) is 0 Å². The fraction of sp³-hybridized carbons (Fsp3) is 1.00. The molecular weight excluding hydrogens is 184 g/mol. The Balaban J connectivity index is 2.00. The molecule has 15 heavy (non-hydrogen) atoms. The zero-order valence-electron chi connectivity index (χ0n) is 10.8. The Morgan fingerprint density at radius 1 is 1.40 bits per heavy atom. The molecule has 0 saturated carbocycles. The Bertz CT molecular complexity index is 159. The maximum Gasteiger partial charge on any atom is 0.00675 e. The number of nitrogens with zero attached hydrogens (tertiary/aromatic N) is 1. The first kappa shape index (κ1) is 13.0. The number of hydrogen-bond acceptors (Lipinski definition) is 2. The molecule has 2 unspecified atom stereocenters. The molecule has 0 aromatic heterocycles. The van der Waals surface area contributed by atoms with Gasteiger partial charge in [0.15, 0.2) is 0 Å². The predicted octanol–water partition coefficient (Wildman–Crippen LogP) is 2.50. The first-order valence-corrected chi connectivity index (χ1v) is 6.68. The molecule has 90 valence electrons. The maximum atomic E-state index is 3.47. The largest absolute Gasteiger partial charge is 0.317 e. The smallest absolute Gasteiger partial charge is 0.00675 e. The summed E-state index contributed by atoms with van der Waals surface area (Å²) in [5.74, 6) is 0.922. The predicted molar refractivity (Wildman–Crippen MR) is 67.2 cm³/mol. The lowest BCUT2D eigenvalue weighted by molar-refractivity contribution is 0.236. The Hall–Kier alpha value is -0.0800. The SMILES string of the molecule is CCCNCCCC(C)N1CCC(C)C1. The van der Waals surface area contributed by atoms with Crippen molar-refractivity contribution in [2.45, 2.75) is 52.5 Å². The van der Waals surface area contributed by atoms with Crippen molar-refractivity contribution in [1.82, 2.24) is 10.2 Å². The van der Waals surface area contributed by atoms with Gasteiger partial charge in [-0.3, -0.25) is 0 Å². The summed E-state index contributed by atoms with van der Waals surface area (Å²) in [7, 11) is 0. The fourth-order valence-corrected chi connectivity index (χ4v) is 2.38. The zero-order chi connectivity index (χ0) is 11.1. The van der Waals surface area contributed by atoms with Crippen molar-refractivity contribution in [2.75, 3.05) is 26.2 Å². The second kappa shape index (κ2) is 7.24. The fourth-order valence-electron chi connectivity index (χ4n) is 2.38. The molecule has 0 radical (unpaired) electrons. The number of rotatable bonds is 7. The lowest BCUT2D eigenvalue weighted by Gasteiger charge is -2.24. The van der Waals surface area contributed by atoms with Gasteiger partial charge in [0.25, 0.3) is 0 Å². The molecule has 0 aromatic carbocycles. The number of nitrogens with one attached hydrogen (secondary N) is 1. The molecule has 1 N–H and O–H groups in total. The van der Waals surface area contributed by atoms with Crippen molar-refractivity contribution < 1.29 is 0 Å². The number of hydrogen-bond donors (Lipinski definition) is 1. The van der Waals surface area contributed by atoms with E-state index in [4.69, 9.17) is 0 Å². The summed E-state index contributed by atoms with van der Waals surface area (Å²) in [6.45, 7) is 12.0. The normalized spacial score (nSPS) is 24.6. The molecule has 0 aliphatic carbocycles. The molecule has 2 atom stereocenters. The van der Waals surface area contributed by atoms with Gasteiger partial charge in [0.2, 0.25) is 0 Å². The molecule has 2 nitrogen and oxygen atoms in total. The van der Waals surface area contributed by atoms with Gasteiger partial charge in [-0.15, -0.1) is 0 Å². The van der Waals surface area contributed by atoms with Crippen LogP contribution in [0, 0.1) is 5.92 Å². The van der Waals surface area contributed by atoms with Crippen LogP contribution in [-0.4, -0.2) is 37.1 Å². The van der Waals surface area contributed by atoms with Gasteiger partial charge in [0.1, 0.15) is 0 Å². The Labute approximate surface area is 95.4 Å². The Kier molecular flexibility index (Phi) is 6.26. The molecule has 1 aliphatic heterocycles. The second-order valence-corrected chi connectivity index (χ2v) is 5.13. The summed E-state index contributed by atoms with van der Waals surface area (Å²) in [4.78, 5) is 2.66.